The maximum absolute atomic E-state index is 12.9. The molecule has 8 heteroatoms. The summed E-state index contributed by atoms with van der Waals surface area (Å²) >= 11 is 5.87. The molecule has 0 saturated heterocycles. The van der Waals surface area contributed by atoms with Gasteiger partial charge in [0.05, 0.1) is 19.8 Å². The molecule has 2 aromatic carbocycles. The van der Waals surface area contributed by atoms with Crippen LogP contribution in [0.4, 0.5) is 0 Å². The van der Waals surface area contributed by atoms with Gasteiger partial charge in [-0.1, -0.05) is 48.0 Å². The van der Waals surface area contributed by atoms with Crippen molar-refractivity contribution < 1.29 is 23.9 Å². The maximum Gasteiger partial charge on any atom is 0.289 e. The molecule has 2 N–H and O–H groups in total. The van der Waals surface area contributed by atoms with Gasteiger partial charge in [0.25, 0.3) is 11.8 Å². The molecular weight excluding hydrogens is 456 g/mol. The van der Waals surface area contributed by atoms with Gasteiger partial charge in [-0.2, -0.15) is 0 Å². The molecular formula is C26H31ClN2O5. The Labute approximate surface area is 205 Å². The van der Waals surface area contributed by atoms with Gasteiger partial charge < -0.3 is 20.1 Å². The van der Waals surface area contributed by atoms with Crippen molar-refractivity contribution in [3.05, 3.63) is 82.9 Å². The Morgan fingerprint density at radius 3 is 2.47 bits per heavy atom. The van der Waals surface area contributed by atoms with Crippen LogP contribution < -0.4 is 10.6 Å². The molecule has 1 atom stereocenters. The first-order chi connectivity index (χ1) is 16.5. The Balaban J connectivity index is 1.94. The average Bonchev–Trinajstić information content (AvgIpc) is 2.84. The van der Waals surface area contributed by atoms with Crippen molar-refractivity contribution in [1.29, 1.82) is 0 Å². The van der Waals surface area contributed by atoms with Crippen LogP contribution in [0.25, 0.3) is 0 Å². The van der Waals surface area contributed by atoms with E-state index in [4.69, 9.17) is 21.1 Å². The van der Waals surface area contributed by atoms with E-state index in [1.807, 2.05) is 19.1 Å². The van der Waals surface area contributed by atoms with Crippen molar-refractivity contribution in [1.82, 2.24) is 10.6 Å². The summed E-state index contributed by atoms with van der Waals surface area (Å²) in [4.78, 5) is 38.0. The van der Waals surface area contributed by atoms with E-state index in [0.717, 1.165) is 5.56 Å². The summed E-state index contributed by atoms with van der Waals surface area (Å²) in [6.07, 6.45) is 2.17. The molecule has 0 heterocycles. The number of rotatable bonds is 15. The molecule has 0 saturated carbocycles. The number of carbonyl (C=O) groups is 3. The second kappa shape index (κ2) is 15.0. The first-order valence-corrected chi connectivity index (χ1v) is 11.6. The number of hydrogen-bond acceptors (Lipinski definition) is 5. The highest BCUT2D eigenvalue weighted by atomic mass is 35.5. The van der Waals surface area contributed by atoms with E-state index in [1.165, 1.54) is 6.08 Å². The van der Waals surface area contributed by atoms with Gasteiger partial charge in [-0.05, 0) is 49.1 Å². The lowest BCUT2D eigenvalue weighted by atomic mass is 10.0. The van der Waals surface area contributed by atoms with Crippen LogP contribution in [0.5, 0.6) is 0 Å². The van der Waals surface area contributed by atoms with Gasteiger partial charge in [-0.25, -0.2) is 0 Å². The smallest absolute Gasteiger partial charge is 0.289 e. The summed E-state index contributed by atoms with van der Waals surface area (Å²) < 4.78 is 10.8. The molecule has 0 spiro atoms. The minimum absolute atomic E-state index is 0.127. The summed E-state index contributed by atoms with van der Waals surface area (Å²) in [5, 5.41) is 5.91. The lowest BCUT2D eigenvalue weighted by molar-refractivity contribution is -0.138. The van der Waals surface area contributed by atoms with Crippen LogP contribution in [0, 0.1) is 0 Å². The fourth-order valence-electron chi connectivity index (χ4n) is 3.16. The topological polar surface area (TPSA) is 93.7 Å². The summed E-state index contributed by atoms with van der Waals surface area (Å²) in [6, 6.07) is 13.2. The zero-order valence-electron chi connectivity index (χ0n) is 19.3. The zero-order valence-corrected chi connectivity index (χ0v) is 20.1. The third-order valence-corrected chi connectivity index (χ3v) is 5.21. The molecule has 7 nitrogen and oxygen atoms in total. The highest BCUT2D eigenvalue weighted by Crippen LogP contribution is 2.12. The van der Waals surface area contributed by atoms with Crippen molar-refractivity contribution in [2.24, 2.45) is 0 Å². The van der Waals surface area contributed by atoms with Gasteiger partial charge in [0.15, 0.2) is 0 Å². The number of carbonyl (C=O) groups excluding carboxylic acids is 3. The van der Waals surface area contributed by atoms with Crippen LogP contribution >= 0.6 is 11.6 Å². The first-order valence-electron chi connectivity index (χ1n) is 11.2. The average molecular weight is 487 g/mol. The Kier molecular flexibility index (Phi) is 12.0. The SMILES string of the molecule is C=CC[C@H](NC(=O)c1ccccc1COCCOCC)C(=O)C(=O)NCCc1ccc(Cl)cc1. The predicted octanol–water partition coefficient (Wildman–Crippen LogP) is 3.50. The van der Waals surface area contributed by atoms with Gasteiger partial charge in [0, 0.05) is 23.7 Å². The number of benzene rings is 2. The van der Waals surface area contributed by atoms with Gasteiger partial charge in [-0.3, -0.25) is 14.4 Å². The van der Waals surface area contributed by atoms with Gasteiger partial charge in [0.1, 0.15) is 6.04 Å². The predicted molar refractivity (Wildman–Crippen MR) is 132 cm³/mol. The Morgan fingerprint density at radius 2 is 1.76 bits per heavy atom. The van der Waals surface area contributed by atoms with E-state index in [1.54, 1.807) is 36.4 Å². The molecule has 34 heavy (non-hydrogen) atoms. The summed E-state index contributed by atoms with van der Waals surface area (Å²) in [6.45, 7) is 7.52. The Morgan fingerprint density at radius 1 is 1.06 bits per heavy atom. The molecule has 0 radical (unpaired) electrons. The van der Waals surface area contributed by atoms with Crippen molar-refractivity contribution in [2.45, 2.75) is 32.4 Å². The highest BCUT2D eigenvalue weighted by molar-refractivity contribution is 6.38. The number of halogens is 1. The minimum atomic E-state index is -1.02. The van der Waals surface area contributed by atoms with E-state index >= 15 is 0 Å². The molecule has 0 aliphatic heterocycles. The van der Waals surface area contributed by atoms with E-state index < -0.39 is 23.6 Å². The normalized spacial score (nSPS) is 11.5. The molecule has 2 amide bonds. The Bertz CT molecular complexity index is 962. The van der Waals surface area contributed by atoms with Crippen molar-refractivity contribution in [3.63, 3.8) is 0 Å². The number of nitrogens with one attached hydrogen (secondary N) is 2. The van der Waals surface area contributed by atoms with Crippen LogP contribution in [0.15, 0.2) is 61.2 Å². The number of Topliss-reactive ketones (excluding diaryl/α,β-unsaturated/α-hetero) is 1. The summed E-state index contributed by atoms with van der Waals surface area (Å²) in [5.41, 5.74) is 2.03. The molecule has 0 unspecified atom stereocenters. The molecule has 182 valence electrons. The standard InChI is InChI=1S/C26H31ClN2O5/c1-3-7-23(24(30)26(32)28-15-14-19-10-12-21(27)13-11-19)29-25(31)22-9-6-5-8-20(22)18-34-17-16-33-4-2/h3,5-6,8-13,23H,1,4,7,14-18H2,2H3,(H,28,32)(H,29,31)/t23-/m0/s1. The van der Waals surface area contributed by atoms with Crippen LogP contribution in [0.2, 0.25) is 5.02 Å². The molecule has 2 aromatic rings. The number of ketones is 1. The number of hydrogen-bond donors (Lipinski definition) is 2. The molecule has 0 aliphatic carbocycles. The lowest BCUT2D eigenvalue weighted by Gasteiger charge is -2.17. The van der Waals surface area contributed by atoms with E-state index in [2.05, 4.69) is 17.2 Å². The third kappa shape index (κ3) is 9.09. The van der Waals surface area contributed by atoms with Crippen molar-refractivity contribution in [2.75, 3.05) is 26.4 Å². The largest absolute Gasteiger partial charge is 0.379 e. The molecule has 0 bridgehead atoms. The van der Waals surface area contributed by atoms with E-state index in [0.29, 0.717) is 42.4 Å². The van der Waals surface area contributed by atoms with Crippen LogP contribution in [-0.2, 0) is 32.1 Å². The minimum Gasteiger partial charge on any atom is -0.379 e. The molecule has 0 aliphatic rings. The fraction of sp³-hybridized carbons (Fsp3) is 0.346. The molecule has 0 aromatic heterocycles. The summed E-state index contributed by atoms with van der Waals surface area (Å²) in [7, 11) is 0. The number of amides is 2. The Hall–Kier alpha value is -3.00. The summed E-state index contributed by atoms with van der Waals surface area (Å²) in [5.74, 6) is -1.94. The van der Waals surface area contributed by atoms with Crippen molar-refractivity contribution >= 4 is 29.2 Å². The van der Waals surface area contributed by atoms with Crippen LogP contribution in [0.1, 0.15) is 34.8 Å². The van der Waals surface area contributed by atoms with Crippen molar-refractivity contribution in [3.8, 4) is 0 Å². The molecule has 2 rings (SSSR count). The highest BCUT2D eigenvalue weighted by Gasteiger charge is 2.26. The van der Waals surface area contributed by atoms with Gasteiger partial charge >= 0.3 is 0 Å². The maximum atomic E-state index is 12.9. The van der Waals surface area contributed by atoms with Crippen LogP contribution in [-0.4, -0.2) is 50.0 Å². The second-order valence-electron chi connectivity index (χ2n) is 7.45. The lowest BCUT2D eigenvalue weighted by Crippen LogP contribution is -2.47. The van der Waals surface area contributed by atoms with Gasteiger partial charge in [0.2, 0.25) is 5.78 Å². The van der Waals surface area contributed by atoms with Crippen LogP contribution in [0.3, 0.4) is 0 Å². The monoisotopic (exact) mass is 486 g/mol. The first kappa shape index (κ1) is 27.2. The van der Waals surface area contributed by atoms with E-state index in [-0.39, 0.29) is 19.6 Å². The quantitative estimate of drug-likeness (QED) is 0.228. The third-order valence-electron chi connectivity index (χ3n) is 4.96. The molecule has 0 fully saturated rings. The van der Waals surface area contributed by atoms with Gasteiger partial charge in [-0.15, -0.1) is 6.58 Å². The fourth-order valence-corrected chi connectivity index (χ4v) is 3.29. The number of ether oxygens (including phenoxy) is 2. The van der Waals surface area contributed by atoms with E-state index in [9.17, 15) is 14.4 Å². The zero-order chi connectivity index (χ0) is 24.8. The second-order valence-corrected chi connectivity index (χ2v) is 7.89.